The van der Waals surface area contributed by atoms with Crippen LogP contribution < -0.4 is 0 Å². The van der Waals surface area contributed by atoms with E-state index in [9.17, 15) is 9.59 Å². The number of amides is 1. The molecule has 1 N–H and O–H groups in total. The van der Waals surface area contributed by atoms with Crippen molar-refractivity contribution in [2.75, 3.05) is 19.8 Å². The number of carbonyl (C=O) groups excluding carboxylic acids is 1. The Labute approximate surface area is 104 Å². The number of hydrogen-bond donors (Lipinski definition) is 1. The van der Waals surface area contributed by atoms with Crippen LogP contribution in [0.2, 0.25) is 0 Å². The molecule has 1 aromatic rings. The van der Waals surface area contributed by atoms with Gasteiger partial charge in [-0.3, -0.25) is 4.79 Å². The first kappa shape index (κ1) is 12.5. The Balaban J connectivity index is 2.22. The summed E-state index contributed by atoms with van der Waals surface area (Å²) in [5.41, 5.74) is 0.0328. The van der Waals surface area contributed by atoms with Crippen LogP contribution in [0.3, 0.4) is 0 Å². The van der Waals surface area contributed by atoms with E-state index in [0.717, 1.165) is 0 Å². The number of morpholine rings is 1. The summed E-state index contributed by atoms with van der Waals surface area (Å²) in [4.78, 5) is 28.5. The monoisotopic (exact) mass is 250 g/mol. The van der Waals surface area contributed by atoms with Gasteiger partial charge in [0.2, 0.25) is 0 Å². The average Bonchev–Trinajstić information content (AvgIpc) is 2.38. The number of nitrogens with zero attached hydrogens (tertiary/aromatic N) is 2. The Kier molecular flexibility index (Phi) is 3.57. The number of aromatic carboxylic acids is 1. The lowest BCUT2D eigenvalue weighted by molar-refractivity contribution is 0.00326. The van der Waals surface area contributed by atoms with Crippen molar-refractivity contribution in [1.82, 2.24) is 9.88 Å². The van der Waals surface area contributed by atoms with Crippen LogP contribution >= 0.6 is 0 Å². The van der Waals surface area contributed by atoms with Gasteiger partial charge < -0.3 is 14.7 Å². The highest BCUT2D eigenvalue weighted by Gasteiger charge is 2.25. The van der Waals surface area contributed by atoms with Gasteiger partial charge in [-0.1, -0.05) is 6.07 Å². The van der Waals surface area contributed by atoms with Crippen LogP contribution in [-0.4, -0.2) is 52.7 Å². The van der Waals surface area contributed by atoms with Crippen LogP contribution in [0, 0.1) is 0 Å². The second-order valence-electron chi connectivity index (χ2n) is 4.14. The number of carboxylic acids is 1. The predicted octanol–water partition coefficient (Wildman–Crippen LogP) is 0.641. The summed E-state index contributed by atoms with van der Waals surface area (Å²) in [5, 5.41) is 8.85. The van der Waals surface area contributed by atoms with Gasteiger partial charge in [0.1, 0.15) is 11.4 Å². The van der Waals surface area contributed by atoms with Gasteiger partial charge in [0.25, 0.3) is 5.91 Å². The zero-order valence-electron chi connectivity index (χ0n) is 10.00. The normalized spacial score (nSPS) is 19.6. The smallest absolute Gasteiger partial charge is 0.354 e. The van der Waals surface area contributed by atoms with Crippen molar-refractivity contribution in [1.29, 1.82) is 0 Å². The topological polar surface area (TPSA) is 79.7 Å². The van der Waals surface area contributed by atoms with Gasteiger partial charge in [0, 0.05) is 6.54 Å². The van der Waals surface area contributed by atoms with E-state index in [1.165, 1.54) is 18.2 Å². The van der Waals surface area contributed by atoms with E-state index in [2.05, 4.69) is 4.98 Å². The fourth-order valence-electron chi connectivity index (χ4n) is 1.85. The van der Waals surface area contributed by atoms with E-state index < -0.39 is 5.97 Å². The van der Waals surface area contributed by atoms with Gasteiger partial charge in [-0.2, -0.15) is 0 Å². The molecule has 1 amide bonds. The van der Waals surface area contributed by atoms with Crippen LogP contribution in [0.15, 0.2) is 18.2 Å². The summed E-state index contributed by atoms with van der Waals surface area (Å²) in [6.45, 7) is 3.37. The third-order valence-electron chi connectivity index (χ3n) is 2.82. The highest BCUT2D eigenvalue weighted by Crippen LogP contribution is 2.11. The van der Waals surface area contributed by atoms with E-state index in [4.69, 9.17) is 9.84 Å². The maximum atomic E-state index is 12.2. The Hall–Kier alpha value is -1.95. The van der Waals surface area contributed by atoms with Crippen molar-refractivity contribution in [3.63, 3.8) is 0 Å². The molecule has 2 heterocycles. The lowest BCUT2D eigenvalue weighted by atomic mass is 10.2. The molecule has 0 bridgehead atoms. The minimum atomic E-state index is -1.14. The number of ether oxygens (including phenoxy) is 1. The molecule has 0 aliphatic carbocycles. The quantitative estimate of drug-likeness (QED) is 0.833. The summed E-state index contributed by atoms with van der Waals surface area (Å²) in [5.74, 6) is -1.39. The fourth-order valence-corrected chi connectivity index (χ4v) is 1.85. The summed E-state index contributed by atoms with van der Waals surface area (Å²) in [7, 11) is 0. The van der Waals surface area contributed by atoms with Crippen molar-refractivity contribution in [3.8, 4) is 0 Å². The van der Waals surface area contributed by atoms with Gasteiger partial charge in [0.05, 0.1) is 19.3 Å². The molecule has 1 atom stereocenters. The van der Waals surface area contributed by atoms with E-state index in [0.29, 0.717) is 19.8 Å². The summed E-state index contributed by atoms with van der Waals surface area (Å²) >= 11 is 0. The molecule has 2 rings (SSSR count). The third kappa shape index (κ3) is 2.48. The molecule has 0 radical (unpaired) electrons. The maximum Gasteiger partial charge on any atom is 0.354 e. The van der Waals surface area contributed by atoms with Crippen molar-refractivity contribution in [2.45, 2.75) is 13.0 Å². The first-order valence-corrected chi connectivity index (χ1v) is 5.68. The van der Waals surface area contributed by atoms with Crippen molar-refractivity contribution < 1.29 is 19.4 Å². The molecular weight excluding hydrogens is 236 g/mol. The Bertz CT molecular complexity index is 475. The third-order valence-corrected chi connectivity index (χ3v) is 2.82. The van der Waals surface area contributed by atoms with E-state index >= 15 is 0 Å². The van der Waals surface area contributed by atoms with E-state index in [-0.39, 0.29) is 23.3 Å². The predicted molar refractivity (Wildman–Crippen MR) is 62.5 cm³/mol. The molecule has 1 unspecified atom stereocenters. The van der Waals surface area contributed by atoms with Crippen molar-refractivity contribution in [3.05, 3.63) is 29.6 Å². The van der Waals surface area contributed by atoms with Gasteiger partial charge in [-0.05, 0) is 19.1 Å². The summed E-state index contributed by atoms with van der Waals surface area (Å²) in [6, 6.07) is 4.38. The molecular formula is C12H14N2O4. The standard InChI is InChI=1S/C12H14N2O4/c1-8-7-18-6-5-14(8)11(15)9-3-2-4-10(13-9)12(16)17/h2-4,8H,5-7H2,1H3,(H,16,17). The maximum absolute atomic E-state index is 12.2. The van der Waals surface area contributed by atoms with Crippen molar-refractivity contribution in [2.24, 2.45) is 0 Å². The van der Waals surface area contributed by atoms with Gasteiger partial charge in [0.15, 0.2) is 0 Å². The van der Waals surface area contributed by atoms with Crippen LogP contribution in [0.25, 0.3) is 0 Å². The number of carboxylic acid groups (broad SMARTS) is 1. The molecule has 1 aliphatic rings. The molecule has 0 aromatic carbocycles. The molecule has 6 heteroatoms. The Morgan fingerprint density at radius 1 is 1.44 bits per heavy atom. The van der Waals surface area contributed by atoms with Gasteiger partial charge >= 0.3 is 5.97 Å². The SMILES string of the molecule is CC1COCCN1C(=O)c1cccc(C(=O)O)n1. The molecule has 1 fully saturated rings. The first-order valence-electron chi connectivity index (χ1n) is 5.68. The highest BCUT2D eigenvalue weighted by atomic mass is 16.5. The number of carbonyl (C=O) groups is 2. The second-order valence-corrected chi connectivity index (χ2v) is 4.14. The molecule has 18 heavy (non-hydrogen) atoms. The highest BCUT2D eigenvalue weighted by molar-refractivity contribution is 5.94. The van der Waals surface area contributed by atoms with Crippen LogP contribution in [0.4, 0.5) is 0 Å². The zero-order valence-corrected chi connectivity index (χ0v) is 10.00. The molecule has 0 saturated carbocycles. The van der Waals surface area contributed by atoms with Crippen molar-refractivity contribution >= 4 is 11.9 Å². The number of hydrogen-bond acceptors (Lipinski definition) is 4. The zero-order chi connectivity index (χ0) is 13.1. The largest absolute Gasteiger partial charge is 0.477 e. The van der Waals surface area contributed by atoms with Crippen LogP contribution in [0.5, 0.6) is 0 Å². The molecule has 6 nitrogen and oxygen atoms in total. The number of aromatic nitrogens is 1. The van der Waals surface area contributed by atoms with Gasteiger partial charge in [-0.15, -0.1) is 0 Å². The van der Waals surface area contributed by atoms with Crippen LogP contribution in [-0.2, 0) is 4.74 Å². The second kappa shape index (κ2) is 5.14. The fraction of sp³-hybridized carbons (Fsp3) is 0.417. The average molecular weight is 250 g/mol. The lowest BCUT2D eigenvalue weighted by Gasteiger charge is -2.33. The van der Waals surface area contributed by atoms with E-state index in [1.54, 1.807) is 4.90 Å². The van der Waals surface area contributed by atoms with Crippen LogP contribution in [0.1, 0.15) is 27.9 Å². The number of pyridine rings is 1. The number of rotatable bonds is 2. The minimum absolute atomic E-state index is 0.0264. The van der Waals surface area contributed by atoms with Gasteiger partial charge in [-0.25, -0.2) is 9.78 Å². The lowest BCUT2D eigenvalue weighted by Crippen LogP contribution is -2.47. The molecule has 1 saturated heterocycles. The van der Waals surface area contributed by atoms with E-state index in [1.807, 2.05) is 6.92 Å². The molecule has 1 aromatic heterocycles. The molecule has 1 aliphatic heterocycles. The summed E-state index contributed by atoms with van der Waals surface area (Å²) < 4.78 is 5.25. The molecule has 0 spiro atoms. The minimum Gasteiger partial charge on any atom is -0.477 e. The summed E-state index contributed by atoms with van der Waals surface area (Å²) in [6.07, 6.45) is 0. The Morgan fingerprint density at radius 2 is 2.17 bits per heavy atom. The Morgan fingerprint density at radius 3 is 2.83 bits per heavy atom. The first-order chi connectivity index (χ1) is 8.59. The molecule has 96 valence electrons.